The maximum atomic E-state index is 9.02. The monoisotopic (exact) mass is 226 g/mol. The lowest BCUT2D eigenvalue weighted by atomic mass is 10.0. The highest BCUT2D eigenvalue weighted by Crippen LogP contribution is 2.11. The van der Waals surface area contributed by atoms with Gasteiger partial charge in [0.1, 0.15) is 0 Å². The number of hydrogen-bond acceptors (Lipinski definition) is 2. The predicted molar refractivity (Wildman–Crippen MR) is 67.8 cm³/mol. The van der Waals surface area contributed by atoms with E-state index in [1.54, 1.807) is 0 Å². The third-order valence-electron chi connectivity index (χ3n) is 2.55. The summed E-state index contributed by atoms with van der Waals surface area (Å²) in [6.45, 7) is 5.54. The zero-order chi connectivity index (χ0) is 12.4. The van der Waals surface area contributed by atoms with Crippen LogP contribution in [0.4, 0.5) is 0 Å². The fraction of sp³-hybridized carbons (Fsp3) is 0.857. The molecule has 16 heavy (non-hydrogen) atoms. The standard InChI is InChI=1S/C14H26O2/c1-4-5-6-7-8-9-10-13(2)11-12-14(3,15)16/h13,15-16H,4-10H2,1-3H3. The van der Waals surface area contributed by atoms with Gasteiger partial charge < -0.3 is 10.2 Å². The van der Waals surface area contributed by atoms with Crippen LogP contribution >= 0.6 is 0 Å². The van der Waals surface area contributed by atoms with Crippen molar-refractivity contribution in [3.8, 4) is 11.8 Å². The minimum Gasteiger partial charge on any atom is -0.356 e. The summed E-state index contributed by atoms with van der Waals surface area (Å²) in [5.41, 5.74) is 0. The van der Waals surface area contributed by atoms with Crippen LogP contribution < -0.4 is 0 Å². The van der Waals surface area contributed by atoms with Crippen LogP contribution in [0.1, 0.15) is 65.7 Å². The Labute approximate surface area is 100 Å². The molecule has 0 aromatic rings. The summed E-state index contributed by atoms with van der Waals surface area (Å²) in [6.07, 6.45) is 8.77. The van der Waals surface area contributed by atoms with Gasteiger partial charge in [0.05, 0.1) is 0 Å². The van der Waals surface area contributed by atoms with Gasteiger partial charge in [0.25, 0.3) is 0 Å². The first kappa shape index (κ1) is 15.5. The summed E-state index contributed by atoms with van der Waals surface area (Å²) >= 11 is 0. The molecule has 0 saturated carbocycles. The minimum absolute atomic E-state index is 0.254. The quantitative estimate of drug-likeness (QED) is 0.398. The minimum atomic E-state index is -1.84. The van der Waals surface area contributed by atoms with Gasteiger partial charge in [-0.3, -0.25) is 0 Å². The molecule has 0 rings (SSSR count). The number of aliphatic hydroxyl groups is 2. The molecule has 0 aromatic heterocycles. The molecule has 2 nitrogen and oxygen atoms in total. The molecule has 0 aliphatic carbocycles. The average Bonchev–Trinajstić information content (AvgIpc) is 2.19. The van der Waals surface area contributed by atoms with Crippen molar-refractivity contribution in [3.05, 3.63) is 0 Å². The van der Waals surface area contributed by atoms with Crippen molar-refractivity contribution in [2.45, 2.75) is 71.5 Å². The van der Waals surface area contributed by atoms with E-state index in [4.69, 9.17) is 10.2 Å². The normalized spacial score (nSPS) is 13.1. The van der Waals surface area contributed by atoms with Gasteiger partial charge in [-0.1, -0.05) is 58.3 Å². The first-order valence-electron chi connectivity index (χ1n) is 6.43. The fourth-order valence-electron chi connectivity index (χ4n) is 1.56. The second-order valence-electron chi connectivity index (χ2n) is 4.75. The molecule has 0 radical (unpaired) electrons. The van der Waals surface area contributed by atoms with Crippen LogP contribution in [0.2, 0.25) is 0 Å². The van der Waals surface area contributed by atoms with E-state index in [0.717, 1.165) is 6.42 Å². The van der Waals surface area contributed by atoms with Crippen LogP contribution in [0.25, 0.3) is 0 Å². The summed E-state index contributed by atoms with van der Waals surface area (Å²) in [7, 11) is 0. The van der Waals surface area contributed by atoms with E-state index in [1.165, 1.54) is 45.4 Å². The second-order valence-corrected chi connectivity index (χ2v) is 4.75. The van der Waals surface area contributed by atoms with E-state index in [2.05, 4.69) is 18.8 Å². The topological polar surface area (TPSA) is 40.5 Å². The van der Waals surface area contributed by atoms with Crippen molar-refractivity contribution in [1.29, 1.82) is 0 Å². The Morgan fingerprint density at radius 3 is 2.19 bits per heavy atom. The van der Waals surface area contributed by atoms with Gasteiger partial charge in [0.2, 0.25) is 5.79 Å². The van der Waals surface area contributed by atoms with E-state index in [1.807, 2.05) is 6.92 Å². The predicted octanol–water partition coefficient (Wildman–Crippen LogP) is 3.08. The van der Waals surface area contributed by atoms with E-state index in [9.17, 15) is 0 Å². The maximum Gasteiger partial charge on any atom is 0.225 e. The number of hydrogen-bond donors (Lipinski definition) is 2. The van der Waals surface area contributed by atoms with Gasteiger partial charge in [-0.2, -0.15) is 0 Å². The van der Waals surface area contributed by atoms with E-state index >= 15 is 0 Å². The fourth-order valence-corrected chi connectivity index (χ4v) is 1.56. The Kier molecular flexibility index (Phi) is 8.33. The third kappa shape index (κ3) is 11.6. The van der Waals surface area contributed by atoms with E-state index in [0.29, 0.717) is 0 Å². The molecule has 0 spiro atoms. The van der Waals surface area contributed by atoms with Gasteiger partial charge in [0, 0.05) is 12.8 Å². The van der Waals surface area contributed by atoms with Crippen LogP contribution in [0.3, 0.4) is 0 Å². The van der Waals surface area contributed by atoms with Crippen molar-refractivity contribution >= 4 is 0 Å². The molecule has 0 aliphatic heterocycles. The average molecular weight is 226 g/mol. The van der Waals surface area contributed by atoms with Crippen molar-refractivity contribution in [2.75, 3.05) is 0 Å². The molecule has 0 heterocycles. The lowest BCUT2D eigenvalue weighted by molar-refractivity contribution is -0.0916. The van der Waals surface area contributed by atoms with Crippen LogP contribution in [-0.2, 0) is 0 Å². The Balaban J connectivity index is 3.50. The summed E-state index contributed by atoms with van der Waals surface area (Å²) < 4.78 is 0. The highest BCUT2D eigenvalue weighted by Gasteiger charge is 2.09. The second kappa shape index (κ2) is 8.61. The molecule has 0 amide bonds. The van der Waals surface area contributed by atoms with Crippen molar-refractivity contribution in [2.24, 2.45) is 5.92 Å². The van der Waals surface area contributed by atoms with Gasteiger partial charge >= 0.3 is 0 Å². The summed E-state index contributed by atoms with van der Waals surface area (Å²) in [6, 6.07) is 0. The molecule has 94 valence electrons. The lowest BCUT2D eigenvalue weighted by Gasteiger charge is -2.07. The molecule has 1 unspecified atom stereocenters. The van der Waals surface area contributed by atoms with Crippen LogP contribution in [-0.4, -0.2) is 16.0 Å². The Morgan fingerprint density at radius 1 is 1.06 bits per heavy atom. The Morgan fingerprint density at radius 2 is 1.62 bits per heavy atom. The van der Waals surface area contributed by atoms with Gasteiger partial charge in [-0.05, 0) is 12.3 Å². The third-order valence-corrected chi connectivity index (χ3v) is 2.55. The lowest BCUT2D eigenvalue weighted by Crippen LogP contribution is -2.19. The molecular weight excluding hydrogens is 200 g/mol. The molecule has 1 atom stereocenters. The zero-order valence-corrected chi connectivity index (χ0v) is 10.9. The van der Waals surface area contributed by atoms with Crippen LogP contribution in [0, 0.1) is 17.8 Å². The summed E-state index contributed by atoms with van der Waals surface area (Å²) in [4.78, 5) is 0. The molecule has 0 bridgehead atoms. The molecule has 0 fully saturated rings. The van der Waals surface area contributed by atoms with Crippen LogP contribution in [0.5, 0.6) is 0 Å². The first-order chi connectivity index (χ1) is 7.45. The molecular formula is C14H26O2. The van der Waals surface area contributed by atoms with Gasteiger partial charge in [-0.25, -0.2) is 0 Å². The number of rotatable bonds is 7. The van der Waals surface area contributed by atoms with Crippen molar-refractivity contribution in [1.82, 2.24) is 0 Å². The van der Waals surface area contributed by atoms with Crippen LogP contribution in [0.15, 0.2) is 0 Å². The first-order valence-corrected chi connectivity index (χ1v) is 6.43. The van der Waals surface area contributed by atoms with E-state index in [-0.39, 0.29) is 5.92 Å². The molecule has 0 aromatic carbocycles. The zero-order valence-electron chi connectivity index (χ0n) is 10.9. The summed E-state index contributed by atoms with van der Waals surface area (Å²) in [5.74, 6) is 3.74. The Hall–Kier alpha value is -0.520. The molecule has 0 aliphatic rings. The van der Waals surface area contributed by atoms with Gasteiger partial charge in [-0.15, -0.1) is 0 Å². The largest absolute Gasteiger partial charge is 0.356 e. The van der Waals surface area contributed by atoms with Crippen molar-refractivity contribution in [3.63, 3.8) is 0 Å². The highest BCUT2D eigenvalue weighted by molar-refractivity contribution is 5.09. The smallest absolute Gasteiger partial charge is 0.225 e. The van der Waals surface area contributed by atoms with Gasteiger partial charge in [0.15, 0.2) is 0 Å². The van der Waals surface area contributed by atoms with E-state index < -0.39 is 5.79 Å². The summed E-state index contributed by atoms with van der Waals surface area (Å²) in [5, 5.41) is 18.0. The highest BCUT2D eigenvalue weighted by atomic mass is 16.5. The molecule has 2 heteroatoms. The molecule has 0 saturated heterocycles. The SMILES string of the molecule is CCCCCCCCC(C)C#CC(C)(O)O. The molecule has 2 N–H and O–H groups in total. The Bertz CT molecular complexity index is 217. The maximum absolute atomic E-state index is 9.02. The number of unbranched alkanes of at least 4 members (excludes halogenated alkanes) is 5. The van der Waals surface area contributed by atoms with Crippen molar-refractivity contribution < 1.29 is 10.2 Å².